The lowest BCUT2D eigenvalue weighted by molar-refractivity contribution is 0.0383. The van der Waals surface area contributed by atoms with E-state index < -0.39 is 0 Å². The summed E-state index contributed by atoms with van der Waals surface area (Å²) in [4.78, 5) is 22.2. The van der Waals surface area contributed by atoms with Crippen LogP contribution in [-0.4, -0.2) is 85.9 Å². The van der Waals surface area contributed by atoms with Crippen LogP contribution in [0.3, 0.4) is 0 Å². The molecule has 6 rings (SSSR count). The van der Waals surface area contributed by atoms with Crippen molar-refractivity contribution >= 4 is 34.2 Å². The molecule has 0 unspecified atom stereocenters. The van der Waals surface area contributed by atoms with Gasteiger partial charge in [-0.2, -0.15) is 0 Å². The molecule has 4 aromatic rings. The van der Waals surface area contributed by atoms with E-state index in [4.69, 9.17) is 16.3 Å². The van der Waals surface area contributed by atoms with Gasteiger partial charge in [0.2, 0.25) is 0 Å². The van der Waals surface area contributed by atoms with Crippen LogP contribution in [0.15, 0.2) is 60.8 Å². The first-order valence-corrected chi connectivity index (χ1v) is 14.4. The van der Waals surface area contributed by atoms with Crippen molar-refractivity contribution in [2.24, 2.45) is 7.05 Å². The van der Waals surface area contributed by atoms with Gasteiger partial charge in [-0.3, -0.25) is 9.69 Å². The van der Waals surface area contributed by atoms with Gasteiger partial charge in [-0.1, -0.05) is 35.9 Å². The van der Waals surface area contributed by atoms with Crippen LogP contribution in [0.4, 0.5) is 5.69 Å². The van der Waals surface area contributed by atoms with Gasteiger partial charge in [0.15, 0.2) is 0 Å². The van der Waals surface area contributed by atoms with Crippen LogP contribution in [0.25, 0.3) is 33.4 Å². The maximum absolute atomic E-state index is 12.9. The summed E-state index contributed by atoms with van der Waals surface area (Å²) in [6.07, 6.45) is 1.75. The Bertz CT molecular complexity index is 1470. The number of benzene rings is 2. The minimum Gasteiger partial charge on any atom is -0.379 e. The molecular formula is C31H35ClN6O2. The predicted molar refractivity (Wildman–Crippen MR) is 161 cm³/mol. The monoisotopic (exact) mass is 558 g/mol. The van der Waals surface area contributed by atoms with Crippen LogP contribution in [0.5, 0.6) is 0 Å². The van der Waals surface area contributed by atoms with E-state index in [0.29, 0.717) is 17.1 Å². The summed E-state index contributed by atoms with van der Waals surface area (Å²) < 4.78 is 7.51. The zero-order valence-corrected chi connectivity index (χ0v) is 23.6. The number of carbonyl (C=O) groups is 1. The van der Waals surface area contributed by atoms with Gasteiger partial charge in [0, 0.05) is 87.8 Å². The second-order valence-corrected chi connectivity index (χ2v) is 10.8. The number of rotatable bonds is 7. The summed E-state index contributed by atoms with van der Waals surface area (Å²) in [6.45, 7) is 8.78. The molecule has 0 saturated carbocycles. The van der Waals surface area contributed by atoms with Crippen LogP contribution in [0, 0.1) is 0 Å². The molecule has 2 saturated heterocycles. The van der Waals surface area contributed by atoms with Gasteiger partial charge < -0.3 is 24.8 Å². The topological polar surface area (TPSA) is 74.7 Å². The number of aromatic nitrogens is 2. The summed E-state index contributed by atoms with van der Waals surface area (Å²) >= 11 is 6.77. The Kier molecular flexibility index (Phi) is 8.02. The van der Waals surface area contributed by atoms with Crippen LogP contribution in [-0.2, 0) is 11.8 Å². The summed E-state index contributed by atoms with van der Waals surface area (Å²) in [7, 11) is 2.03. The molecule has 40 heavy (non-hydrogen) atoms. The van der Waals surface area contributed by atoms with Gasteiger partial charge in [-0.15, -0.1) is 0 Å². The van der Waals surface area contributed by atoms with E-state index in [1.165, 1.54) is 5.69 Å². The highest BCUT2D eigenvalue weighted by Gasteiger charge is 2.22. The quantitative estimate of drug-likeness (QED) is 0.357. The number of morpholine rings is 1. The van der Waals surface area contributed by atoms with Crippen molar-refractivity contribution in [3.05, 3.63) is 71.4 Å². The van der Waals surface area contributed by atoms with Crippen molar-refractivity contribution in [1.82, 2.24) is 25.1 Å². The summed E-state index contributed by atoms with van der Waals surface area (Å²) in [5, 5.41) is 8.04. The Balaban J connectivity index is 1.28. The van der Waals surface area contributed by atoms with Crippen LogP contribution in [0.2, 0.25) is 5.02 Å². The van der Waals surface area contributed by atoms with Crippen molar-refractivity contribution in [2.45, 2.75) is 0 Å². The van der Waals surface area contributed by atoms with Gasteiger partial charge in [0.1, 0.15) is 5.65 Å². The van der Waals surface area contributed by atoms with E-state index in [-0.39, 0.29) is 5.91 Å². The summed E-state index contributed by atoms with van der Waals surface area (Å²) in [6, 6.07) is 18.4. The van der Waals surface area contributed by atoms with Gasteiger partial charge in [0.25, 0.3) is 5.91 Å². The minimum absolute atomic E-state index is 0.0684. The number of fused-ring (bicyclic) bond motifs is 1. The first kappa shape index (κ1) is 26.8. The lowest BCUT2D eigenvalue weighted by atomic mass is 9.97. The minimum atomic E-state index is -0.0684. The molecule has 2 aliphatic rings. The first-order chi connectivity index (χ1) is 19.6. The number of nitrogens with zero attached hydrogens (tertiary/aromatic N) is 4. The number of carbonyl (C=O) groups excluding carboxylic acids is 1. The van der Waals surface area contributed by atoms with E-state index in [9.17, 15) is 4.79 Å². The molecule has 2 aromatic carbocycles. The number of hydrogen-bond donors (Lipinski definition) is 2. The van der Waals surface area contributed by atoms with E-state index in [2.05, 4.69) is 54.2 Å². The second-order valence-electron chi connectivity index (χ2n) is 10.3. The number of anilines is 1. The van der Waals surface area contributed by atoms with E-state index in [0.717, 1.165) is 92.4 Å². The number of aryl methyl sites for hydroxylation is 1. The molecular weight excluding hydrogens is 524 g/mol. The number of halogens is 1. The number of hydrogen-bond acceptors (Lipinski definition) is 6. The number of pyridine rings is 1. The highest BCUT2D eigenvalue weighted by atomic mass is 35.5. The fraction of sp³-hybridized carbons (Fsp3) is 0.355. The van der Waals surface area contributed by atoms with E-state index in [1.807, 2.05) is 37.4 Å². The van der Waals surface area contributed by atoms with Crippen molar-refractivity contribution < 1.29 is 9.53 Å². The Morgan fingerprint density at radius 2 is 1.68 bits per heavy atom. The first-order valence-electron chi connectivity index (χ1n) is 14.0. The Labute approximate surface area is 239 Å². The molecule has 9 heteroatoms. The third kappa shape index (κ3) is 5.45. The normalized spacial score (nSPS) is 16.4. The molecule has 0 spiro atoms. The molecule has 2 aliphatic heterocycles. The molecule has 0 bridgehead atoms. The molecule has 4 heterocycles. The molecule has 0 aliphatic carbocycles. The maximum atomic E-state index is 12.9. The largest absolute Gasteiger partial charge is 0.379 e. The second kappa shape index (κ2) is 12.0. The van der Waals surface area contributed by atoms with E-state index >= 15 is 0 Å². The van der Waals surface area contributed by atoms with Crippen molar-refractivity contribution in [1.29, 1.82) is 0 Å². The van der Waals surface area contributed by atoms with Crippen LogP contribution >= 0.6 is 11.6 Å². The Hall–Kier alpha value is -3.43. The molecule has 0 atom stereocenters. The zero-order valence-electron chi connectivity index (χ0n) is 22.8. The Morgan fingerprint density at radius 3 is 2.40 bits per heavy atom. The molecule has 2 aromatic heterocycles. The zero-order chi connectivity index (χ0) is 27.5. The van der Waals surface area contributed by atoms with Crippen molar-refractivity contribution in [3.8, 4) is 22.4 Å². The molecule has 2 fully saturated rings. The molecule has 208 valence electrons. The standard InChI is InChI=1S/C31H35ClN6O2/c1-36-29(23-6-8-25(9-7-23)38-16-12-33-13-17-38)27(28-26(32)10-11-34-30(28)36)22-2-4-24(5-3-22)31(39)35-14-15-37-18-20-40-21-19-37/h2-11,33H,12-21H2,1H3,(H,35,39). The smallest absolute Gasteiger partial charge is 0.251 e. The third-order valence-corrected chi connectivity index (χ3v) is 8.21. The van der Waals surface area contributed by atoms with Crippen LogP contribution < -0.4 is 15.5 Å². The van der Waals surface area contributed by atoms with Gasteiger partial charge in [0.05, 0.1) is 23.9 Å². The number of ether oxygens (including phenoxy) is 1. The number of piperazine rings is 1. The SMILES string of the molecule is Cn1c(-c2ccc(N3CCNCC3)cc2)c(-c2ccc(C(=O)NCCN3CCOCC3)cc2)c2c(Cl)ccnc21. The summed E-state index contributed by atoms with van der Waals surface area (Å²) in [5.74, 6) is -0.0684. The third-order valence-electron chi connectivity index (χ3n) is 7.90. The average Bonchev–Trinajstić information content (AvgIpc) is 3.31. The maximum Gasteiger partial charge on any atom is 0.251 e. The molecule has 1 amide bonds. The molecule has 8 nitrogen and oxygen atoms in total. The lowest BCUT2D eigenvalue weighted by Crippen LogP contribution is -2.43. The Morgan fingerprint density at radius 1 is 0.975 bits per heavy atom. The van der Waals surface area contributed by atoms with Gasteiger partial charge in [-0.05, 0) is 41.5 Å². The lowest BCUT2D eigenvalue weighted by Gasteiger charge is -2.29. The highest BCUT2D eigenvalue weighted by Crippen LogP contribution is 2.42. The van der Waals surface area contributed by atoms with Crippen molar-refractivity contribution in [3.63, 3.8) is 0 Å². The molecule has 0 radical (unpaired) electrons. The average molecular weight is 559 g/mol. The fourth-order valence-corrected chi connectivity index (χ4v) is 5.96. The predicted octanol–water partition coefficient (Wildman–Crippen LogP) is 4.03. The fourth-order valence-electron chi connectivity index (χ4n) is 5.72. The molecule has 2 N–H and O–H groups in total. The van der Waals surface area contributed by atoms with Crippen LogP contribution in [0.1, 0.15) is 10.4 Å². The van der Waals surface area contributed by atoms with Gasteiger partial charge >= 0.3 is 0 Å². The van der Waals surface area contributed by atoms with Crippen molar-refractivity contribution in [2.75, 3.05) is 70.5 Å². The summed E-state index contributed by atoms with van der Waals surface area (Å²) in [5.41, 5.74) is 6.84. The van der Waals surface area contributed by atoms with E-state index in [1.54, 1.807) is 6.20 Å². The number of nitrogens with one attached hydrogen (secondary N) is 2. The highest BCUT2D eigenvalue weighted by molar-refractivity contribution is 6.37. The van der Waals surface area contributed by atoms with Gasteiger partial charge in [-0.25, -0.2) is 4.98 Å². The number of amides is 1.